The van der Waals surface area contributed by atoms with Crippen LogP contribution < -0.4 is 0 Å². The van der Waals surface area contributed by atoms with E-state index in [-0.39, 0.29) is 17.7 Å². The van der Waals surface area contributed by atoms with Crippen LogP contribution in [0.15, 0.2) is 0 Å². The lowest BCUT2D eigenvalue weighted by Gasteiger charge is -2.52. The zero-order chi connectivity index (χ0) is 16.9. The first-order chi connectivity index (χ1) is 9.92. The normalized spacial score (nSPS) is 41.9. The number of carbonyl (C=O) groups excluding carboxylic acids is 2. The maximum Gasteiger partial charge on any atom is 0.302 e. The van der Waals surface area contributed by atoms with Crippen molar-refractivity contribution < 1.29 is 24.5 Å². The fraction of sp³-hybridized carbons (Fsp3) is 0.882. The van der Waals surface area contributed by atoms with Crippen molar-refractivity contribution >= 4 is 11.8 Å². The number of hydrogen-bond donors (Lipinski definition) is 2. The molecule has 0 radical (unpaired) electrons. The Morgan fingerprint density at radius 1 is 1.27 bits per heavy atom. The van der Waals surface area contributed by atoms with Crippen LogP contribution in [0, 0.1) is 17.3 Å². The number of ketones is 1. The maximum atomic E-state index is 12.1. The lowest BCUT2D eigenvalue weighted by Crippen LogP contribution is -2.57. The van der Waals surface area contributed by atoms with E-state index in [0.717, 1.165) is 6.42 Å². The van der Waals surface area contributed by atoms with Gasteiger partial charge >= 0.3 is 5.97 Å². The summed E-state index contributed by atoms with van der Waals surface area (Å²) in [5, 5.41) is 21.7. The van der Waals surface area contributed by atoms with Crippen molar-refractivity contribution in [2.24, 2.45) is 17.3 Å². The van der Waals surface area contributed by atoms with E-state index in [9.17, 15) is 19.8 Å². The Kier molecular flexibility index (Phi) is 4.20. The lowest BCUT2D eigenvalue weighted by molar-refractivity contribution is -0.185. The van der Waals surface area contributed by atoms with Crippen molar-refractivity contribution in [2.75, 3.05) is 0 Å². The molecule has 0 amide bonds. The van der Waals surface area contributed by atoms with Gasteiger partial charge in [0.15, 0.2) is 0 Å². The Labute approximate surface area is 132 Å². The zero-order valence-electron chi connectivity index (χ0n) is 14.2. The second-order valence-corrected chi connectivity index (χ2v) is 7.93. The van der Waals surface area contributed by atoms with Crippen LogP contribution in [0.5, 0.6) is 0 Å². The Hall–Kier alpha value is -0.940. The van der Waals surface area contributed by atoms with Crippen LogP contribution in [0.1, 0.15) is 60.3 Å². The van der Waals surface area contributed by atoms with Crippen LogP contribution in [0.3, 0.4) is 0 Å². The van der Waals surface area contributed by atoms with Crippen molar-refractivity contribution in [3.8, 4) is 0 Å². The molecule has 5 atom stereocenters. The number of carbonyl (C=O) groups is 2. The van der Waals surface area contributed by atoms with Crippen molar-refractivity contribution in [1.82, 2.24) is 0 Å². The molecular formula is C17H28O5. The summed E-state index contributed by atoms with van der Waals surface area (Å²) in [6.45, 7) is 8.22. The van der Waals surface area contributed by atoms with Crippen LogP contribution in [0.25, 0.3) is 0 Å². The molecule has 0 saturated heterocycles. The van der Waals surface area contributed by atoms with Gasteiger partial charge in [0.05, 0.1) is 17.1 Å². The van der Waals surface area contributed by atoms with Gasteiger partial charge in [0, 0.05) is 12.3 Å². The molecule has 2 N–H and O–H groups in total. The quantitative estimate of drug-likeness (QED) is 0.777. The second kappa shape index (κ2) is 5.31. The molecule has 0 aromatic rings. The number of ether oxygens (including phenoxy) is 1. The second-order valence-electron chi connectivity index (χ2n) is 7.93. The highest BCUT2D eigenvalue weighted by molar-refractivity contribution is 5.80. The number of hydrogen-bond acceptors (Lipinski definition) is 5. The van der Waals surface area contributed by atoms with Gasteiger partial charge in [0.25, 0.3) is 0 Å². The maximum absolute atomic E-state index is 12.1. The van der Waals surface area contributed by atoms with Gasteiger partial charge in [-0.2, -0.15) is 0 Å². The third-order valence-electron chi connectivity index (χ3n) is 6.09. The molecule has 126 valence electrons. The molecule has 0 heterocycles. The average Bonchev–Trinajstić information content (AvgIpc) is 2.56. The largest absolute Gasteiger partial charge is 0.462 e. The van der Waals surface area contributed by atoms with E-state index < -0.39 is 28.6 Å². The van der Waals surface area contributed by atoms with Gasteiger partial charge in [-0.1, -0.05) is 6.92 Å². The van der Waals surface area contributed by atoms with Crippen molar-refractivity contribution in [1.29, 1.82) is 0 Å². The predicted octanol–water partition coefficient (Wildman–Crippen LogP) is 1.84. The molecule has 0 spiro atoms. The highest BCUT2D eigenvalue weighted by atomic mass is 16.5. The van der Waals surface area contributed by atoms with Crippen molar-refractivity contribution in [3.63, 3.8) is 0 Å². The minimum Gasteiger partial charge on any atom is -0.462 e. The highest BCUT2D eigenvalue weighted by Crippen LogP contribution is 2.61. The lowest BCUT2D eigenvalue weighted by atomic mass is 9.57. The highest BCUT2D eigenvalue weighted by Gasteiger charge is 2.67. The van der Waals surface area contributed by atoms with E-state index in [0.29, 0.717) is 19.3 Å². The molecule has 2 saturated carbocycles. The van der Waals surface area contributed by atoms with Gasteiger partial charge in [-0.15, -0.1) is 0 Å². The van der Waals surface area contributed by atoms with Gasteiger partial charge in [-0.3, -0.25) is 9.59 Å². The third-order valence-corrected chi connectivity index (χ3v) is 6.09. The van der Waals surface area contributed by atoms with Crippen LogP contribution >= 0.6 is 0 Å². The standard InChI is InChI=1S/C17H28O5/c1-10(18)13-8-14(22-11(2)19)16(5)7-6-12(15(3,4)20)9-17(13,16)21/h12-14,20-21H,6-9H2,1-5H3. The molecule has 5 unspecified atom stereocenters. The molecule has 0 aromatic heterocycles. The van der Waals surface area contributed by atoms with Crippen LogP contribution in [0.2, 0.25) is 0 Å². The van der Waals surface area contributed by atoms with Crippen LogP contribution in [-0.4, -0.2) is 39.3 Å². The monoisotopic (exact) mass is 312 g/mol. The summed E-state index contributed by atoms with van der Waals surface area (Å²) in [7, 11) is 0. The van der Waals surface area contributed by atoms with E-state index in [4.69, 9.17) is 4.74 Å². The Bertz CT molecular complexity index is 480. The first-order valence-electron chi connectivity index (χ1n) is 8.04. The van der Waals surface area contributed by atoms with E-state index in [1.807, 2.05) is 6.92 Å². The molecule has 0 aromatic carbocycles. The third kappa shape index (κ3) is 2.58. The van der Waals surface area contributed by atoms with Gasteiger partial charge in [0.1, 0.15) is 11.9 Å². The zero-order valence-corrected chi connectivity index (χ0v) is 14.2. The Morgan fingerprint density at radius 3 is 2.32 bits per heavy atom. The number of rotatable bonds is 3. The summed E-state index contributed by atoms with van der Waals surface area (Å²) in [4.78, 5) is 23.5. The molecule has 2 rings (SSSR count). The predicted molar refractivity (Wildman–Crippen MR) is 81.0 cm³/mol. The molecule has 5 nitrogen and oxygen atoms in total. The summed E-state index contributed by atoms with van der Waals surface area (Å²) >= 11 is 0. The molecular weight excluding hydrogens is 284 g/mol. The molecule has 5 heteroatoms. The van der Waals surface area contributed by atoms with E-state index >= 15 is 0 Å². The number of aliphatic hydroxyl groups is 2. The van der Waals surface area contributed by atoms with Crippen LogP contribution in [-0.2, 0) is 14.3 Å². The average molecular weight is 312 g/mol. The van der Waals surface area contributed by atoms with Crippen molar-refractivity contribution in [3.05, 3.63) is 0 Å². The fourth-order valence-electron chi connectivity index (χ4n) is 4.53. The molecule has 2 fully saturated rings. The summed E-state index contributed by atoms with van der Waals surface area (Å²) < 4.78 is 5.44. The van der Waals surface area contributed by atoms with Crippen LogP contribution in [0.4, 0.5) is 0 Å². The van der Waals surface area contributed by atoms with E-state index in [1.54, 1.807) is 13.8 Å². The minimum absolute atomic E-state index is 0.0801. The number of esters is 1. The summed E-state index contributed by atoms with van der Waals surface area (Å²) in [5.74, 6) is -1.10. The Balaban J connectivity index is 2.39. The first-order valence-corrected chi connectivity index (χ1v) is 8.04. The minimum atomic E-state index is -1.23. The van der Waals surface area contributed by atoms with Gasteiger partial charge in [-0.05, 0) is 52.4 Å². The van der Waals surface area contributed by atoms with Crippen molar-refractivity contribution in [2.45, 2.75) is 77.6 Å². The molecule has 22 heavy (non-hydrogen) atoms. The Morgan fingerprint density at radius 2 is 1.86 bits per heavy atom. The van der Waals surface area contributed by atoms with Gasteiger partial charge in [-0.25, -0.2) is 0 Å². The molecule has 0 aliphatic heterocycles. The number of Topliss-reactive ketones (excluding diaryl/α,β-unsaturated/α-hetero) is 1. The molecule has 2 aliphatic rings. The first kappa shape index (κ1) is 17.4. The number of fused-ring (bicyclic) bond motifs is 1. The molecule has 0 bridgehead atoms. The fourth-order valence-corrected chi connectivity index (χ4v) is 4.53. The van der Waals surface area contributed by atoms with E-state index in [2.05, 4.69) is 0 Å². The summed E-state index contributed by atoms with van der Waals surface area (Å²) in [6, 6.07) is 0. The SMILES string of the molecule is CC(=O)OC1CC(C(C)=O)C2(O)CC(C(C)(C)O)CCC12C. The van der Waals surface area contributed by atoms with Gasteiger partial charge in [0.2, 0.25) is 0 Å². The summed E-state index contributed by atoms with van der Waals surface area (Å²) in [5.41, 5.74) is -2.78. The summed E-state index contributed by atoms with van der Waals surface area (Å²) in [6.07, 6.45) is 1.63. The smallest absolute Gasteiger partial charge is 0.302 e. The van der Waals surface area contributed by atoms with E-state index in [1.165, 1.54) is 13.8 Å². The van der Waals surface area contributed by atoms with Gasteiger partial charge < -0.3 is 14.9 Å². The topological polar surface area (TPSA) is 83.8 Å². The molecule has 2 aliphatic carbocycles.